The Kier molecular flexibility index (Phi) is 8.58. The van der Waals surface area contributed by atoms with Gasteiger partial charge in [-0.25, -0.2) is 19.4 Å². The standard InChI is InChI=1S/C12H22O4/c1-4-6-7-8-9-11(13)15-16-12(14)10(3)5-2/h10H,4-9H2,1-3H3. The summed E-state index contributed by atoms with van der Waals surface area (Å²) in [6.45, 7) is 5.71. The number of hydrogen-bond acceptors (Lipinski definition) is 4. The van der Waals surface area contributed by atoms with Crippen LogP contribution in [0.15, 0.2) is 0 Å². The smallest absolute Gasteiger partial charge is 0.247 e. The van der Waals surface area contributed by atoms with Crippen LogP contribution in [0.2, 0.25) is 0 Å². The van der Waals surface area contributed by atoms with Crippen molar-refractivity contribution in [1.82, 2.24) is 0 Å². The largest absolute Gasteiger partial charge is 0.358 e. The summed E-state index contributed by atoms with van der Waals surface area (Å²) < 4.78 is 0. The van der Waals surface area contributed by atoms with E-state index in [9.17, 15) is 9.59 Å². The Morgan fingerprint density at radius 2 is 1.75 bits per heavy atom. The molecule has 0 radical (unpaired) electrons. The monoisotopic (exact) mass is 230 g/mol. The van der Waals surface area contributed by atoms with E-state index in [1.807, 2.05) is 6.92 Å². The highest BCUT2D eigenvalue weighted by atomic mass is 17.2. The maximum absolute atomic E-state index is 11.2. The average molecular weight is 230 g/mol. The van der Waals surface area contributed by atoms with Gasteiger partial charge in [-0.15, -0.1) is 0 Å². The first-order valence-electron chi connectivity index (χ1n) is 6.03. The van der Waals surface area contributed by atoms with Crippen molar-refractivity contribution in [3.8, 4) is 0 Å². The molecule has 0 aliphatic heterocycles. The zero-order valence-electron chi connectivity index (χ0n) is 10.5. The molecule has 0 aromatic heterocycles. The summed E-state index contributed by atoms with van der Waals surface area (Å²) >= 11 is 0. The molecule has 0 aromatic rings. The summed E-state index contributed by atoms with van der Waals surface area (Å²) in [6, 6.07) is 0. The maximum Gasteiger partial charge on any atom is 0.358 e. The highest BCUT2D eigenvalue weighted by molar-refractivity contribution is 5.74. The quantitative estimate of drug-likeness (QED) is 0.383. The lowest BCUT2D eigenvalue weighted by Crippen LogP contribution is -2.17. The SMILES string of the molecule is CCCCCCC(=O)OOC(=O)C(C)CC. The topological polar surface area (TPSA) is 52.6 Å². The molecular formula is C12H22O4. The van der Waals surface area contributed by atoms with Crippen molar-refractivity contribution in [1.29, 1.82) is 0 Å². The van der Waals surface area contributed by atoms with Crippen LogP contribution in [-0.2, 0) is 19.4 Å². The molecule has 4 nitrogen and oxygen atoms in total. The van der Waals surface area contributed by atoms with Gasteiger partial charge in [0.05, 0.1) is 12.3 Å². The van der Waals surface area contributed by atoms with Crippen molar-refractivity contribution in [2.75, 3.05) is 0 Å². The minimum Gasteiger partial charge on any atom is -0.247 e. The fourth-order valence-electron chi connectivity index (χ4n) is 1.07. The van der Waals surface area contributed by atoms with Gasteiger partial charge in [0.2, 0.25) is 0 Å². The van der Waals surface area contributed by atoms with E-state index >= 15 is 0 Å². The molecule has 1 unspecified atom stereocenters. The van der Waals surface area contributed by atoms with Crippen molar-refractivity contribution in [2.24, 2.45) is 5.92 Å². The molecule has 0 aliphatic carbocycles. The second kappa shape index (κ2) is 9.19. The zero-order valence-corrected chi connectivity index (χ0v) is 10.5. The highest BCUT2D eigenvalue weighted by Crippen LogP contribution is 2.06. The lowest BCUT2D eigenvalue weighted by Gasteiger charge is -2.06. The van der Waals surface area contributed by atoms with Crippen LogP contribution in [-0.4, -0.2) is 11.9 Å². The first-order valence-corrected chi connectivity index (χ1v) is 6.03. The molecule has 0 aromatic carbocycles. The maximum atomic E-state index is 11.2. The third-order valence-corrected chi connectivity index (χ3v) is 2.47. The second-order valence-corrected chi connectivity index (χ2v) is 3.98. The normalized spacial score (nSPS) is 11.9. The fourth-order valence-corrected chi connectivity index (χ4v) is 1.07. The summed E-state index contributed by atoms with van der Waals surface area (Å²) in [7, 11) is 0. The van der Waals surface area contributed by atoms with E-state index in [-0.39, 0.29) is 5.92 Å². The van der Waals surface area contributed by atoms with E-state index in [0.29, 0.717) is 12.8 Å². The van der Waals surface area contributed by atoms with Crippen LogP contribution < -0.4 is 0 Å². The van der Waals surface area contributed by atoms with Gasteiger partial charge < -0.3 is 0 Å². The molecule has 0 rings (SSSR count). The first kappa shape index (κ1) is 14.9. The van der Waals surface area contributed by atoms with Crippen molar-refractivity contribution in [2.45, 2.75) is 59.3 Å². The van der Waals surface area contributed by atoms with E-state index < -0.39 is 11.9 Å². The molecule has 0 heterocycles. The van der Waals surface area contributed by atoms with Crippen LogP contribution in [0, 0.1) is 5.92 Å². The predicted molar refractivity (Wildman–Crippen MR) is 60.4 cm³/mol. The summed E-state index contributed by atoms with van der Waals surface area (Å²) in [5.41, 5.74) is 0. The van der Waals surface area contributed by atoms with Gasteiger partial charge in [-0.05, 0) is 12.8 Å². The van der Waals surface area contributed by atoms with Gasteiger partial charge in [0.1, 0.15) is 0 Å². The molecule has 1 atom stereocenters. The summed E-state index contributed by atoms with van der Waals surface area (Å²) in [5, 5.41) is 0. The van der Waals surface area contributed by atoms with Gasteiger partial charge in [0.25, 0.3) is 0 Å². The van der Waals surface area contributed by atoms with Gasteiger partial charge in [-0.3, -0.25) is 0 Å². The second-order valence-electron chi connectivity index (χ2n) is 3.98. The summed E-state index contributed by atoms with van der Waals surface area (Å²) in [4.78, 5) is 31.1. The van der Waals surface area contributed by atoms with Crippen molar-refractivity contribution < 1.29 is 19.4 Å². The lowest BCUT2D eigenvalue weighted by molar-refractivity contribution is -0.262. The Morgan fingerprint density at radius 3 is 2.31 bits per heavy atom. The van der Waals surface area contributed by atoms with Crippen LogP contribution in [0.1, 0.15) is 59.3 Å². The van der Waals surface area contributed by atoms with E-state index in [0.717, 1.165) is 25.7 Å². The summed E-state index contributed by atoms with van der Waals surface area (Å²) in [5.74, 6) is -1.18. The minimum atomic E-state index is -0.482. The molecule has 0 saturated heterocycles. The molecule has 0 saturated carbocycles. The highest BCUT2D eigenvalue weighted by Gasteiger charge is 2.15. The van der Waals surface area contributed by atoms with Gasteiger partial charge in [0.15, 0.2) is 0 Å². The minimum absolute atomic E-state index is 0.229. The number of carbonyl (C=O) groups excluding carboxylic acids is 2. The Labute approximate surface area is 97.2 Å². The van der Waals surface area contributed by atoms with Crippen LogP contribution >= 0.6 is 0 Å². The molecule has 0 amide bonds. The number of carbonyl (C=O) groups is 2. The fraction of sp³-hybridized carbons (Fsp3) is 0.833. The molecule has 4 heteroatoms. The van der Waals surface area contributed by atoms with Gasteiger partial charge in [0, 0.05) is 0 Å². The van der Waals surface area contributed by atoms with Gasteiger partial charge in [-0.1, -0.05) is 40.0 Å². The predicted octanol–water partition coefficient (Wildman–Crippen LogP) is 3.00. The molecule has 16 heavy (non-hydrogen) atoms. The first-order chi connectivity index (χ1) is 7.61. The molecule has 0 fully saturated rings. The Bertz CT molecular complexity index is 213. The van der Waals surface area contributed by atoms with Gasteiger partial charge >= 0.3 is 11.9 Å². The molecule has 0 aliphatic rings. The molecule has 94 valence electrons. The third-order valence-electron chi connectivity index (χ3n) is 2.47. The van der Waals surface area contributed by atoms with Crippen LogP contribution in [0.25, 0.3) is 0 Å². The van der Waals surface area contributed by atoms with E-state index in [1.165, 1.54) is 0 Å². The van der Waals surface area contributed by atoms with Crippen LogP contribution in [0.5, 0.6) is 0 Å². The average Bonchev–Trinajstić information content (AvgIpc) is 2.30. The van der Waals surface area contributed by atoms with Crippen LogP contribution in [0.3, 0.4) is 0 Å². The molecule has 0 spiro atoms. The zero-order chi connectivity index (χ0) is 12.4. The Hall–Kier alpha value is -1.06. The number of rotatable bonds is 7. The van der Waals surface area contributed by atoms with Crippen molar-refractivity contribution >= 4 is 11.9 Å². The van der Waals surface area contributed by atoms with E-state index in [4.69, 9.17) is 0 Å². The van der Waals surface area contributed by atoms with Gasteiger partial charge in [-0.2, -0.15) is 0 Å². The molecule has 0 N–H and O–H groups in total. The Morgan fingerprint density at radius 1 is 1.06 bits per heavy atom. The van der Waals surface area contributed by atoms with E-state index in [2.05, 4.69) is 16.7 Å². The number of hydrogen-bond donors (Lipinski definition) is 0. The van der Waals surface area contributed by atoms with E-state index in [1.54, 1.807) is 6.92 Å². The van der Waals surface area contributed by atoms with Crippen LogP contribution in [0.4, 0.5) is 0 Å². The third kappa shape index (κ3) is 7.26. The Balaban J connectivity index is 3.53. The number of unbranched alkanes of at least 4 members (excludes halogenated alkanes) is 3. The molecule has 0 bridgehead atoms. The van der Waals surface area contributed by atoms with Crippen molar-refractivity contribution in [3.63, 3.8) is 0 Å². The molecular weight excluding hydrogens is 208 g/mol. The lowest BCUT2D eigenvalue weighted by atomic mass is 10.1. The summed E-state index contributed by atoms with van der Waals surface area (Å²) in [6.07, 6.45) is 5.01. The van der Waals surface area contributed by atoms with Crippen molar-refractivity contribution in [3.05, 3.63) is 0 Å².